The predicted molar refractivity (Wildman–Crippen MR) is 93.9 cm³/mol. The lowest BCUT2D eigenvalue weighted by Crippen LogP contribution is -2.75. The van der Waals surface area contributed by atoms with Crippen molar-refractivity contribution in [2.24, 2.45) is 40.4 Å². The van der Waals surface area contributed by atoms with Crippen molar-refractivity contribution in [3.63, 3.8) is 0 Å². The first-order chi connectivity index (χ1) is 12.2. The van der Waals surface area contributed by atoms with Crippen molar-refractivity contribution >= 4 is 11.8 Å². The van der Waals surface area contributed by atoms with E-state index in [1.54, 1.807) is 6.92 Å². The lowest BCUT2D eigenvalue weighted by atomic mass is 9.40. The molecule has 0 amide bonds. The Bertz CT molecular complexity index is 673. The van der Waals surface area contributed by atoms with Crippen molar-refractivity contribution in [1.82, 2.24) is 0 Å². The molecule has 6 fully saturated rings. The molecule has 2 saturated heterocycles. The van der Waals surface area contributed by atoms with Crippen LogP contribution in [0.3, 0.4) is 0 Å². The minimum Gasteiger partial charge on any atom is -0.550 e. The van der Waals surface area contributed by atoms with Crippen molar-refractivity contribution in [2.75, 3.05) is 0 Å². The molecule has 9 unspecified atom stereocenters. The zero-order valence-electron chi connectivity index (χ0n) is 16.3. The molecule has 4 bridgehead atoms. The quantitative estimate of drug-likeness (QED) is 0.760. The fraction of sp³-hybridized carbons (Fsp3) is 0.909. The largest absolute Gasteiger partial charge is 0.550 e. The first-order valence-electron chi connectivity index (χ1n) is 10.7. The number of hydrogen-bond donors (Lipinski definition) is 0. The smallest absolute Gasteiger partial charge is 0.166 e. The summed E-state index contributed by atoms with van der Waals surface area (Å²) in [5.41, 5.74) is -0.808. The summed E-state index contributed by atoms with van der Waals surface area (Å²) in [6.45, 7) is 6.30. The minimum atomic E-state index is -0.965. The Kier molecular flexibility index (Phi) is 3.39. The molecule has 4 saturated carbocycles. The molecule has 0 N–H and O–H groups in total. The Hall–Kier alpha value is -0.900. The standard InChI is InChI=1S/C22H32O4/c1-12(19(24)25)15-6-7-16-17-5-4-13-10-14-8-9-21(13,3)22(17,26-14)18(23)11-20(15,16)2/h12-17H,4-11H2,1-3H3,(H,24,25)/p-1. The number of ketones is 1. The summed E-state index contributed by atoms with van der Waals surface area (Å²) in [5, 5.41) is 11.6. The molecule has 144 valence electrons. The Labute approximate surface area is 156 Å². The SMILES string of the molecule is CC(C(=O)[O-])C1CCC2C3CCC4CC5CCC4(C)C3(O5)C(=O)CC12C. The molecule has 4 aliphatic carbocycles. The van der Waals surface area contributed by atoms with E-state index in [0.29, 0.717) is 18.3 Å². The van der Waals surface area contributed by atoms with Gasteiger partial charge in [0.15, 0.2) is 5.78 Å². The molecule has 6 aliphatic rings. The van der Waals surface area contributed by atoms with Crippen LogP contribution < -0.4 is 5.11 Å². The Morgan fingerprint density at radius 3 is 2.62 bits per heavy atom. The number of ether oxygens (including phenoxy) is 1. The van der Waals surface area contributed by atoms with Gasteiger partial charge in [-0.25, -0.2) is 0 Å². The number of hydrogen-bond acceptors (Lipinski definition) is 4. The third kappa shape index (κ3) is 1.76. The van der Waals surface area contributed by atoms with Crippen LogP contribution in [0.15, 0.2) is 0 Å². The molecule has 6 rings (SSSR count). The summed E-state index contributed by atoms with van der Waals surface area (Å²) in [6.07, 6.45) is 8.32. The first-order valence-corrected chi connectivity index (χ1v) is 10.7. The highest BCUT2D eigenvalue weighted by atomic mass is 16.5. The van der Waals surface area contributed by atoms with Crippen LogP contribution in [-0.4, -0.2) is 23.5 Å². The van der Waals surface area contributed by atoms with Gasteiger partial charge < -0.3 is 14.6 Å². The minimum absolute atomic E-state index is 0.0128. The highest BCUT2D eigenvalue weighted by molar-refractivity contribution is 5.91. The van der Waals surface area contributed by atoms with Gasteiger partial charge in [0, 0.05) is 17.8 Å². The first kappa shape index (κ1) is 17.2. The number of aliphatic carboxylic acids is 1. The summed E-state index contributed by atoms with van der Waals surface area (Å²) in [6, 6.07) is 0. The second-order valence-electron chi connectivity index (χ2n) is 10.6. The third-order valence-corrected chi connectivity index (χ3v) is 9.88. The Morgan fingerprint density at radius 2 is 1.88 bits per heavy atom. The summed E-state index contributed by atoms with van der Waals surface area (Å²) in [5.74, 6) is 0.191. The van der Waals surface area contributed by atoms with Crippen molar-refractivity contribution in [1.29, 1.82) is 0 Å². The van der Waals surface area contributed by atoms with Crippen molar-refractivity contribution in [2.45, 2.75) is 83.8 Å². The third-order valence-electron chi connectivity index (χ3n) is 9.88. The van der Waals surface area contributed by atoms with E-state index >= 15 is 0 Å². The van der Waals surface area contributed by atoms with Gasteiger partial charge in [-0.2, -0.15) is 0 Å². The summed E-state index contributed by atoms with van der Waals surface area (Å²) >= 11 is 0. The summed E-state index contributed by atoms with van der Waals surface area (Å²) in [4.78, 5) is 25.3. The van der Waals surface area contributed by atoms with Crippen LogP contribution in [0, 0.1) is 40.4 Å². The van der Waals surface area contributed by atoms with Crippen LogP contribution in [0.5, 0.6) is 0 Å². The molecule has 0 aromatic carbocycles. The highest BCUT2D eigenvalue weighted by Gasteiger charge is 2.74. The number of rotatable bonds is 2. The Balaban J connectivity index is 1.58. The maximum Gasteiger partial charge on any atom is 0.166 e. The maximum absolute atomic E-state index is 13.8. The van der Waals surface area contributed by atoms with Crippen LogP contribution in [0.1, 0.15) is 72.1 Å². The number of Topliss-reactive ketones (excluding diaryl/α,β-unsaturated/α-hetero) is 1. The lowest BCUT2D eigenvalue weighted by Gasteiger charge is -2.70. The molecule has 0 aromatic heterocycles. The van der Waals surface area contributed by atoms with Crippen molar-refractivity contribution in [3.8, 4) is 0 Å². The fourth-order valence-corrected chi connectivity index (χ4v) is 8.64. The molecule has 4 nitrogen and oxygen atoms in total. The van der Waals surface area contributed by atoms with E-state index in [-0.39, 0.29) is 34.6 Å². The lowest BCUT2D eigenvalue weighted by molar-refractivity contribution is -0.317. The number of carboxylic acid groups (broad SMARTS) is 1. The molecular weight excluding hydrogens is 328 g/mol. The van der Waals surface area contributed by atoms with E-state index in [1.165, 1.54) is 6.42 Å². The van der Waals surface area contributed by atoms with Gasteiger partial charge in [0.2, 0.25) is 0 Å². The average Bonchev–Trinajstić information content (AvgIpc) is 2.90. The van der Waals surface area contributed by atoms with Gasteiger partial charge >= 0.3 is 0 Å². The number of carbonyl (C=O) groups is 2. The molecule has 9 atom stereocenters. The second-order valence-corrected chi connectivity index (χ2v) is 10.6. The zero-order chi connectivity index (χ0) is 18.5. The Morgan fingerprint density at radius 1 is 1.15 bits per heavy atom. The van der Waals surface area contributed by atoms with Crippen LogP contribution in [0.25, 0.3) is 0 Å². The number of fused-ring (bicyclic) bond motifs is 3. The maximum atomic E-state index is 13.8. The van der Waals surface area contributed by atoms with Crippen molar-refractivity contribution in [3.05, 3.63) is 0 Å². The van der Waals surface area contributed by atoms with Gasteiger partial charge in [0.05, 0.1) is 6.10 Å². The normalized spacial score (nSPS) is 56.0. The second kappa shape index (κ2) is 5.12. The average molecular weight is 359 g/mol. The molecule has 2 aliphatic heterocycles. The van der Waals surface area contributed by atoms with Crippen LogP contribution in [-0.2, 0) is 14.3 Å². The molecule has 0 radical (unpaired) electrons. The molecule has 1 spiro atoms. The van der Waals surface area contributed by atoms with E-state index in [1.807, 2.05) is 0 Å². The molecule has 2 heterocycles. The van der Waals surface area contributed by atoms with Gasteiger partial charge in [-0.05, 0) is 80.0 Å². The predicted octanol–water partition coefficient (Wildman–Crippen LogP) is 2.73. The van der Waals surface area contributed by atoms with E-state index in [0.717, 1.165) is 38.5 Å². The number of carboxylic acids is 1. The molecule has 4 heteroatoms. The van der Waals surface area contributed by atoms with E-state index in [4.69, 9.17) is 4.74 Å². The van der Waals surface area contributed by atoms with Gasteiger partial charge in [0.25, 0.3) is 0 Å². The van der Waals surface area contributed by atoms with E-state index in [9.17, 15) is 14.7 Å². The topological polar surface area (TPSA) is 66.4 Å². The van der Waals surface area contributed by atoms with Gasteiger partial charge in [0.1, 0.15) is 5.60 Å². The monoisotopic (exact) mass is 359 g/mol. The van der Waals surface area contributed by atoms with Gasteiger partial charge in [-0.1, -0.05) is 20.8 Å². The summed E-state index contributed by atoms with van der Waals surface area (Å²) < 4.78 is 6.68. The summed E-state index contributed by atoms with van der Waals surface area (Å²) in [7, 11) is 0. The van der Waals surface area contributed by atoms with Gasteiger partial charge in [-0.3, -0.25) is 4.79 Å². The molecule has 26 heavy (non-hydrogen) atoms. The van der Waals surface area contributed by atoms with Crippen LogP contribution in [0.4, 0.5) is 0 Å². The van der Waals surface area contributed by atoms with Crippen LogP contribution >= 0.6 is 0 Å². The van der Waals surface area contributed by atoms with Gasteiger partial charge in [-0.15, -0.1) is 0 Å². The fourth-order valence-electron chi connectivity index (χ4n) is 8.64. The van der Waals surface area contributed by atoms with Crippen LogP contribution in [0.2, 0.25) is 0 Å². The van der Waals surface area contributed by atoms with E-state index in [2.05, 4.69) is 13.8 Å². The van der Waals surface area contributed by atoms with Crippen molar-refractivity contribution < 1.29 is 19.4 Å². The molecular formula is C22H31O4-. The number of carbonyl (C=O) groups excluding carboxylic acids is 2. The zero-order valence-corrected chi connectivity index (χ0v) is 16.3. The highest BCUT2D eigenvalue weighted by Crippen LogP contribution is 2.72. The molecule has 0 aromatic rings. The van der Waals surface area contributed by atoms with E-state index < -0.39 is 17.5 Å².